The number of nitrogens with one attached hydrogen (secondary N) is 2. The third kappa shape index (κ3) is 4.42. The van der Waals surface area contributed by atoms with Crippen LogP contribution in [0.4, 0.5) is 11.4 Å². The van der Waals surface area contributed by atoms with Gasteiger partial charge in [0, 0.05) is 11.0 Å². The Balaban J connectivity index is 2.26. The first kappa shape index (κ1) is 16.7. The Labute approximate surface area is 136 Å². The molecule has 2 amide bonds. The summed E-state index contributed by atoms with van der Waals surface area (Å²) in [5.74, 6) is -0.306. The molecule has 23 heavy (non-hydrogen) atoms. The number of rotatable bonds is 3. The van der Waals surface area contributed by atoms with Crippen molar-refractivity contribution >= 4 is 23.2 Å². The van der Waals surface area contributed by atoms with E-state index < -0.39 is 5.41 Å². The molecule has 2 rings (SSSR count). The lowest BCUT2D eigenvalue weighted by atomic mass is 9.95. The van der Waals surface area contributed by atoms with Crippen molar-refractivity contribution in [1.29, 1.82) is 0 Å². The molecular weight excluding hydrogens is 288 g/mol. The van der Waals surface area contributed by atoms with E-state index in [4.69, 9.17) is 0 Å². The third-order valence-corrected chi connectivity index (χ3v) is 3.39. The molecule has 0 heterocycles. The highest BCUT2D eigenvalue weighted by atomic mass is 16.2. The lowest BCUT2D eigenvalue weighted by Crippen LogP contribution is -2.28. The first-order valence-electron chi connectivity index (χ1n) is 7.56. The molecule has 4 nitrogen and oxygen atoms in total. The molecule has 0 unspecified atom stereocenters. The van der Waals surface area contributed by atoms with Gasteiger partial charge in [-0.25, -0.2) is 0 Å². The van der Waals surface area contributed by atoms with Gasteiger partial charge in [-0.1, -0.05) is 45.0 Å². The van der Waals surface area contributed by atoms with E-state index in [2.05, 4.69) is 10.6 Å². The standard InChI is InChI=1S/C19H22N2O2/c1-13-10-11-15(21-18(23)19(2,3)4)16(12-13)20-17(22)14-8-6-5-7-9-14/h5-12H,1-4H3,(H,20,22)(H,21,23). The summed E-state index contributed by atoms with van der Waals surface area (Å²) in [6.45, 7) is 7.48. The van der Waals surface area contributed by atoms with E-state index in [1.807, 2.05) is 58.0 Å². The molecule has 0 aliphatic carbocycles. The summed E-state index contributed by atoms with van der Waals surface area (Å²) >= 11 is 0. The van der Waals surface area contributed by atoms with Gasteiger partial charge in [-0.15, -0.1) is 0 Å². The molecule has 0 bridgehead atoms. The molecule has 2 aromatic carbocycles. The number of anilines is 2. The van der Waals surface area contributed by atoms with Crippen LogP contribution in [-0.2, 0) is 4.79 Å². The lowest BCUT2D eigenvalue weighted by molar-refractivity contribution is -0.123. The van der Waals surface area contributed by atoms with Crippen molar-refractivity contribution in [2.24, 2.45) is 5.41 Å². The number of carbonyl (C=O) groups is 2. The summed E-state index contributed by atoms with van der Waals surface area (Å²) in [6, 6.07) is 14.5. The Morgan fingerprint density at radius 1 is 0.870 bits per heavy atom. The fourth-order valence-electron chi connectivity index (χ4n) is 1.96. The van der Waals surface area contributed by atoms with Crippen molar-refractivity contribution < 1.29 is 9.59 Å². The maximum atomic E-state index is 12.3. The van der Waals surface area contributed by atoms with E-state index in [9.17, 15) is 9.59 Å². The smallest absolute Gasteiger partial charge is 0.255 e. The molecule has 0 aliphatic heterocycles. The molecule has 4 heteroatoms. The highest BCUT2D eigenvalue weighted by molar-refractivity contribution is 6.07. The Morgan fingerprint density at radius 3 is 2.13 bits per heavy atom. The number of hydrogen-bond donors (Lipinski definition) is 2. The van der Waals surface area contributed by atoms with Crippen LogP contribution >= 0.6 is 0 Å². The van der Waals surface area contributed by atoms with E-state index in [-0.39, 0.29) is 11.8 Å². The van der Waals surface area contributed by atoms with E-state index >= 15 is 0 Å². The molecule has 0 spiro atoms. The molecule has 0 fully saturated rings. The van der Waals surface area contributed by atoms with Crippen LogP contribution in [-0.4, -0.2) is 11.8 Å². The van der Waals surface area contributed by atoms with E-state index in [1.54, 1.807) is 18.2 Å². The summed E-state index contributed by atoms with van der Waals surface area (Å²) < 4.78 is 0. The van der Waals surface area contributed by atoms with Crippen LogP contribution in [0.2, 0.25) is 0 Å². The first-order chi connectivity index (χ1) is 10.8. The van der Waals surface area contributed by atoms with Gasteiger partial charge >= 0.3 is 0 Å². The van der Waals surface area contributed by atoms with Crippen LogP contribution in [0.1, 0.15) is 36.7 Å². The van der Waals surface area contributed by atoms with Crippen molar-refractivity contribution in [2.75, 3.05) is 10.6 Å². The van der Waals surface area contributed by atoms with Crippen LogP contribution in [0, 0.1) is 12.3 Å². The summed E-state index contributed by atoms with van der Waals surface area (Å²) in [6.07, 6.45) is 0. The molecule has 2 N–H and O–H groups in total. The number of hydrogen-bond acceptors (Lipinski definition) is 2. The minimum Gasteiger partial charge on any atom is -0.324 e. The van der Waals surface area contributed by atoms with E-state index in [1.165, 1.54) is 0 Å². The molecule has 0 atom stereocenters. The number of amides is 2. The van der Waals surface area contributed by atoms with Gasteiger partial charge in [-0.05, 0) is 36.8 Å². The zero-order chi connectivity index (χ0) is 17.0. The molecule has 0 aliphatic rings. The number of carbonyl (C=O) groups excluding carboxylic acids is 2. The quantitative estimate of drug-likeness (QED) is 0.891. The van der Waals surface area contributed by atoms with Crippen molar-refractivity contribution in [3.8, 4) is 0 Å². The highest BCUT2D eigenvalue weighted by Gasteiger charge is 2.22. The fourth-order valence-corrected chi connectivity index (χ4v) is 1.96. The lowest BCUT2D eigenvalue weighted by Gasteiger charge is -2.20. The maximum Gasteiger partial charge on any atom is 0.255 e. The first-order valence-corrected chi connectivity index (χ1v) is 7.56. The Kier molecular flexibility index (Phi) is 4.84. The second kappa shape index (κ2) is 6.65. The summed E-state index contributed by atoms with van der Waals surface area (Å²) in [5.41, 5.74) is 2.26. The molecule has 0 aromatic heterocycles. The van der Waals surface area contributed by atoms with Gasteiger partial charge in [0.05, 0.1) is 11.4 Å². The molecule has 0 saturated carbocycles. The van der Waals surface area contributed by atoms with Crippen LogP contribution in [0.15, 0.2) is 48.5 Å². The molecule has 120 valence electrons. The van der Waals surface area contributed by atoms with Gasteiger partial charge < -0.3 is 10.6 Å². The summed E-state index contributed by atoms with van der Waals surface area (Å²) in [7, 11) is 0. The summed E-state index contributed by atoms with van der Waals surface area (Å²) in [4.78, 5) is 24.5. The predicted molar refractivity (Wildman–Crippen MR) is 93.7 cm³/mol. The van der Waals surface area contributed by atoms with Crippen molar-refractivity contribution in [3.05, 3.63) is 59.7 Å². The number of aryl methyl sites for hydroxylation is 1. The van der Waals surface area contributed by atoms with Crippen molar-refractivity contribution in [2.45, 2.75) is 27.7 Å². The number of benzene rings is 2. The van der Waals surface area contributed by atoms with E-state index in [0.717, 1.165) is 5.56 Å². The third-order valence-electron chi connectivity index (χ3n) is 3.39. The van der Waals surface area contributed by atoms with Crippen LogP contribution < -0.4 is 10.6 Å². The molecule has 0 radical (unpaired) electrons. The normalized spacial score (nSPS) is 11.0. The van der Waals surface area contributed by atoms with Gasteiger partial charge in [-0.3, -0.25) is 9.59 Å². The van der Waals surface area contributed by atoms with Crippen LogP contribution in [0.3, 0.4) is 0 Å². The van der Waals surface area contributed by atoms with E-state index in [0.29, 0.717) is 16.9 Å². The van der Waals surface area contributed by atoms with Crippen molar-refractivity contribution in [3.63, 3.8) is 0 Å². The molecular formula is C19H22N2O2. The second-order valence-electron chi connectivity index (χ2n) is 6.57. The Bertz CT molecular complexity index is 716. The van der Waals surface area contributed by atoms with Crippen LogP contribution in [0.25, 0.3) is 0 Å². The van der Waals surface area contributed by atoms with Gasteiger partial charge in [0.15, 0.2) is 0 Å². The van der Waals surface area contributed by atoms with Crippen molar-refractivity contribution in [1.82, 2.24) is 0 Å². The van der Waals surface area contributed by atoms with Gasteiger partial charge in [-0.2, -0.15) is 0 Å². The zero-order valence-corrected chi connectivity index (χ0v) is 13.9. The average molecular weight is 310 g/mol. The van der Waals surface area contributed by atoms with Gasteiger partial charge in [0.2, 0.25) is 5.91 Å². The largest absolute Gasteiger partial charge is 0.324 e. The van der Waals surface area contributed by atoms with Gasteiger partial charge in [0.25, 0.3) is 5.91 Å². The molecule has 0 saturated heterocycles. The minimum atomic E-state index is -0.508. The fraction of sp³-hybridized carbons (Fsp3) is 0.263. The topological polar surface area (TPSA) is 58.2 Å². The SMILES string of the molecule is Cc1ccc(NC(=O)C(C)(C)C)c(NC(=O)c2ccccc2)c1. The van der Waals surface area contributed by atoms with Crippen LogP contribution in [0.5, 0.6) is 0 Å². The summed E-state index contributed by atoms with van der Waals surface area (Å²) in [5, 5.41) is 5.75. The average Bonchev–Trinajstić information content (AvgIpc) is 2.49. The van der Waals surface area contributed by atoms with Gasteiger partial charge in [0.1, 0.15) is 0 Å². The Morgan fingerprint density at radius 2 is 1.52 bits per heavy atom. The predicted octanol–water partition coefficient (Wildman–Crippen LogP) is 4.23. The minimum absolute atomic E-state index is 0.100. The highest BCUT2D eigenvalue weighted by Crippen LogP contribution is 2.26. The second-order valence-corrected chi connectivity index (χ2v) is 6.57. The maximum absolute atomic E-state index is 12.3. The zero-order valence-electron chi connectivity index (χ0n) is 13.9. The molecule has 2 aromatic rings. The Hall–Kier alpha value is -2.62. The monoisotopic (exact) mass is 310 g/mol.